The lowest BCUT2D eigenvalue weighted by atomic mass is 10.0. The molecule has 0 radical (unpaired) electrons. The van der Waals surface area contributed by atoms with Crippen LogP contribution in [-0.2, 0) is 4.74 Å². The third-order valence-corrected chi connectivity index (χ3v) is 6.31. The lowest BCUT2D eigenvalue weighted by Gasteiger charge is -2.35. The van der Waals surface area contributed by atoms with Gasteiger partial charge < -0.3 is 20.1 Å². The Morgan fingerprint density at radius 2 is 1.90 bits per heavy atom. The predicted octanol–water partition coefficient (Wildman–Crippen LogP) is 2.73. The van der Waals surface area contributed by atoms with E-state index in [0.29, 0.717) is 6.04 Å². The standard InChI is InChI=1S/C23H39N5O2.HI/c1-19-6-4-5-12-27(19)13-11-25-23(24-2)26-18-22(28-14-16-30-17-15-28)20-7-9-21(29-3)10-8-20;/h7-10,19,22H,4-6,11-18H2,1-3H3,(H2,24,25,26);1H. The van der Waals surface area contributed by atoms with Crippen LogP contribution in [-0.4, -0.2) is 88.4 Å². The first-order valence-corrected chi connectivity index (χ1v) is 11.4. The van der Waals surface area contributed by atoms with Crippen LogP contribution in [0.1, 0.15) is 37.8 Å². The molecule has 176 valence electrons. The van der Waals surface area contributed by atoms with Crippen molar-refractivity contribution in [3.8, 4) is 5.75 Å². The van der Waals surface area contributed by atoms with Gasteiger partial charge in [-0.2, -0.15) is 0 Å². The van der Waals surface area contributed by atoms with Crippen LogP contribution in [0.2, 0.25) is 0 Å². The van der Waals surface area contributed by atoms with E-state index in [-0.39, 0.29) is 30.0 Å². The number of piperidine rings is 1. The number of halogens is 1. The highest BCUT2D eigenvalue weighted by Crippen LogP contribution is 2.23. The van der Waals surface area contributed by atoms with Gasteiger partial charge in [0.1, 0.15) is 5.75 Å². The van der Waals surface area contributed by atoms with Gasteiger partial charge in [-0.25, -0.2) is 0 Å². The van der Waals surface area contributed by atoms with Gasteiger partial charge in [-0.15, -0.1) is 24.0 Å². The first-order valence-electron chi connectivity index (χ1n) is 11.4. The van der Waals surface area contributed by atoms with E-state index in [2.05, 4.69) is 44.5 Å². The Morgan fingerprint density at radius 3 is 2.55 bits per heavy atom. The Labute approximate surface area is 205 Å². The number of likely N-dealkylation sites (tertiary alicyclic amines) is 1. The maximum atomic E-state index is 5.57. The van der Waals surface area contributed by atoms with E-state index in [9.17, 15) is 0 Å². The number of rotatable bonds is 8. The molecule has 0 saturated carbocycles. The fraction of sp³-hybridized carbons (Fsp3) is 0.696. The third kappa shape index (κ3) is 8.07. The summed E-state index contributed by atoms with van der Waals surface area (Å²) < 4.78 is 10.9. The average Bonchev–Trinajstić information content (AvgIpc) is 2.80. The molecule has 0 aromatic heterocycles. The van der Waals surface area contributed by atoms with Gasteiger partial charge >= 0.3 is 0 Å². The van der Waals surface area contributed by atoms with E-state index in [4.69, 9.17) is 9.47 Å². The molecule has 0 bridgehead atoms. The number of benzene rings is 1. The fourth-order valence-electron chi connectivity index (χ4n) is 4.39. The van der Waals surface area contributed by atoms with Crippen molar-refractivity contribution in [2.75, 3.05) is 66.6 Å². The van der Waals surface area contributed by atoms with Crippen molar-refractivity contribution in [2.45, 2.75) is 38.3 Å². The number of hydrogen-bond donors (Lipinski definition) is 2. The summed E-state index contributed by atoms with van der Waals surface area (Å²) in [5.74, 6) is 1.75. The smallest absolute Gasteiger partial charge is 0.191 e. The highest BCUT2D eigenvalue weighted by atomic mass is 127. The number of hydrogen-bond acceptors (Lipinski definition) is 5. The lowest BCUT2D eigenvalue weighted by Crippen LogP contribution is -2.48. The van der Waals surface area contributed by atoms with Gasteiger partial charge in [-0.3, -0.25) is 14.8 Å². The molecule has 0 spiro atoms. The molecule has 1 aromatic carbocycles. The Bertz CT molecular complexity index is 652. The topological polar surface area (TPSA) is 61.4 Å². The molecule has 7 nitrogen and oxygen atoms in total. The van der Waals surface area contributed by atoms with Crippen LogP contribution in [0, 0.1) is 0 Å². The molecular weight excluding hydrogens is 505 g/mol. The Morgan fingerprint density at radius 1 is 1.16 bits per heavy atom. The maximum Gasteiger partial charge on any atom is 0.191 e. The monoisotopic (exact) mass is 545 g/mol. The number of nitrogens with zero attached hydrogens (tertiary/aromatic N) is 3. The number of nitrogens with one attached hydrogen (secondary N) is 2. The third-order valence-electron chi connectivity index (χ3n) is 6.31. The predicted molar refractivity (Wildman–Crippen MR) is 138 cm³/mol. The average molecular weight is 546 g/mol. The molecule has 2 aliphatic heterocycles. The molecule has 2 saturated heterocycles. The van der Waals surface area contributed by atoms with Gasteiger partial charge in [0.05, 0.1) is 26.4 Å². The fourth-order valence-corrected chi connectivity index (χ4v) is 4.39. The summed E-state index contributed by atoms with van der Waals surface area (Å²) in [5, 5.41) is 7.05. The van der Waals surface area contributed by atoms with Crippen LogP contribution in [0.3, 0.4) is 0 Å². The van der Waals surface area contributed by atoms with Crippen molar-refractivity contribution < 1.29 is 9.47 Å². The van der Waals surface area contributed by atoms with Crippen LogP contribution < -0.4 is 15.4 Å². The molecule has 2 aliphatic rings. The molecule has 2 heterocycles. The van der Waals surface area contributed by atoms with Crippen LogP contribution in [0.5, 0.6) is 5.75 Å². The van der Waals surface area contributed by atoms with Crippen molar-refractivity contribution in [3.05, 3.63) is 29.8 Å². The minimum absolute atomic E-state index is 0. The van der Waals surface area contributed by atoms with E-state index in [1.165, 1.54) is 31.4 Å². The summed E-state index contributed by atoms with van der Waals surface area (Å²) in [4.78, 5) is 9.51. The zero-order valence-electron chi connectivity index (χ0n) is 19.3. The molecule has 2 unspecified atom stereocenters. The Kier molecular flexibility index (Phi) is 11.9. The second-order valence-corrected chi connectivity index (χ2v) is 8.20. The molecule has 2 N–H and O–H groups in total. The Hall–Kier alpha value is -1.10. The maximum absolute atomic E-state index is 5.57. The van der Waals surface area contributed by atoms with Gasteiger partial charge in [0.15, 0.2) is 5.96 Å². The summed E-state index contributed by atoms with van der Waals surface area (Å²) >= 11 is 0. The molecule has 31 heavy (non-hydrogen) atoms. The van der Waals surface area contributed by atoms with E-state index in [0.717, 1.165) is 57.6 Å². The summed E-state index contributed by atoms with van der Waals surface area (Å²) in [6.45, 7) is 9.78. The minimum atomic E-state index is 0. The number of morpholine rings is 1. The van der Waals surface area contributed by atoms with E-state index < -0.39 is 0 Å². The van der Waals surface area contributed by atoms with Crippen molar-refractivity contribution in [1.82, 2.24) is 20.4 Å². The van der Waals surface area contributed by atoms with E-state index in [1.54, 1.807) is 7.11 Å². The number of guanidine groups is 1. The number of ether oxygens (including phenoxy) is 2. The quantitative estimate of drug-likeness (QED) is 0.298. The zero-order chi connectivity index (χ0) is 21.2. The Balaban J connectivity index is 0.00000341. The van der Waals surface area contributed by atoms with Gasteiger partial charge in [0, 0.05) is 45.8 Å². The molecule has 3 rings (SSSR count). The lowest BCUT2D eigenvalue weighted by molar-refractivity contribution is 0.0170. The highest BCUT2D eigenvalue weighted by Gasteiger charge is 2.23. The molecule has 8 heteroatoms. The van der Waals surface area contributed by atoms with Crippen LogP contribution in [0.25, 0.3) is 0 Å². The molecule has 0 aliphatic carbocycles. The molecule has 0 amide bonds. The van der Waals surface area contributed by atoms with Crippen molar-refractivity contribution in [1.29, 1.82) is 0 Å². The number of aliphatic imine (C=N–C) groups is 1. The molecule has 2 atom stereocenters. The SMILES string of the molecule is CN=C(NCCN1CCCCC1C)NCC(c1ccc(OC)cc1)N1CCOCC1.I. The largest absolute Gasteiger partial charge is 0.497 e. The second-order valence-electron chi connectivity index (χ2n) is 8.20. The van der Waals surface area contributed by atoms with Gasteiger partial charge in [-0.1, -0.05) is 18.6 Å². The molecule has 2 fully saturated rings. The van der Waals surface area contributed by atoms with E-state index >= 15 is 0 Å². The van der Waals surface area contributed by atoms with Crippen molar-refractivity contribution in [3.63, 3.8) is 0 Å². The first-order chi connectivity index (χ1) is 14.7. The van der Waals surface area contributed by atoms with Crippen LogP contribution in [0.15, 0.2) is 29.3 Å². The second kappa shape index (κ2) is 14.1. The molecular formula is C23H40IN5O2. The van der Waals surface area contributed by atoms with Crippen molar-refractivity contribution in [2.24, 2.45) is 4.99 Å². The van der Waals surface area contributed by atoms with Crippen LogP contribution in [0.4, 0.5) is 0 Å². The number of methoxy groups -OCH3 is 1. The summed E-state index contributed by atoms with van der Waals surface area (Å²) in [5.41, 5.74) is 1.28. The highest BCUT2D eigenvalue weighted by molar-refractivity contribution is 14.0. The normalized spacial score (nSPS) is 21.8. The van der Waals surface area contributed by atoms with Crippen molar-refractivity contribution >= 4 is 29.9 Å². The molecule has 1 aromatic rings. The summed E-state index contributed by atoms with van der Waals surface area (Å²) in [7, 11) is 3.55. The van der Waals surface area contributed by atoms with E-state index in [1.807, 2.05) is 19.2 Å². The van der Waals surface area contributed by atoms with Gasteiger partial charge in [0.2, 0.25) is 0 Å². The van der Waals surface area contributed by atoms with Gasteiger partial charge in [-0.05, 0) is 44.0 Å². The first kappa shape index (κ1) is 26.2. The zero-order valence-corrected chi connectivity index (χ0v) is 21.6. The summed E-state index contributed by atoms with van der Waals surface area (Å²) in [6, 6.07) is 9.35. The van der Waals surface area contributed by atoms with Crippen LogP contribution >= 0.6 is 24.0 Å². The summed E-state index contributed by atoms with van der Waals surface area (Å²) in [6.07, 6.45) is 4.00. The minimum Gasteiger partial charge on any atom is -0.497 e. The van der Waals surface area contributed by atoms with Gasteiger partial charge in [0.25, 0.3) is 0 Å².